The number of hydrogen-bond donors (Lipinski definition) is 1. The summed E-state index contributed by atoms with van der Waals surface area (Å²) in [6.07, 6.45) is 10.0. The Morgan fingerprint density at radius 1 is 1.15 bits per heavy atom. The molecule has 2 N–H and O–H groups in total. The minimum absolute atomic E-state index is 0.267. The minimum atomic E-state index is -0.267. The molecule has 172 valence electrons. The van der Waals surface area contributed by atoms with Crippen LogP contribution >= 0.6 is 0 Å². The number of piperidine rings is 1. The second-order valence-corrected chi connectivity index (χ2v) is 9.35. The van der Waals surface area contributed by atoms with E-state index < -0.39 is 0 Å². The lowest BCUT2D eigenvalue weighted by atomic mass is 9.97. The third-order valence-electron chi connectivity index (χ3n) is 6.86. The number of nitrogens with zero attached hydrogens (tertiary/aromatic N) is 6. The van der Waals surface area contributed by atoms with E-state index in [0.29, 0.717) is 29.6 Å². The third-order valence-corrected chi connectivity index (χ3v) is 6.86. The van der Waals surface area contributed by atoms with Crippen molar-refractivity contribution in [2.45, 2.75) is 56.8 Å². The molecule has 3 atom stereocenters. The monoisotopic (exact) mass is 447 g/mol. The molecule has 6 heterocycles. The number of fused-ring (bicyclic) bond motifs is 3. The Balaban J connectivity index is 1.34. The first kappa shape index (κ1) is 20.4. The highest BCUT2D eigenvalue weighted by Gasteiger charge is 2.36. The summed E-state index contributed by atoms with van der Waals surface area (Å²) in [7, 11) is 1.94. The second-order valence-electron chi connectivity index (χ2n) is 9.35. The fraction of sp³-hybridized carbons (Fsp3) is 0.500. The number of aromatic nitrogens is 5. The molecule has 0 amide bonds. The Morgan fingerprint density at radius 3 is 2.70 bits per heavy atom. The van der Waals surface area contributed by atoms with Crippen LogP contribution in [-0.2, 0) is 11.8 Å². The van der Waals surface area contributed by atoms with Crippen LogP contribution in [0.2, 0.25) is 0 Å². The molecule has 9 heteroatoms. The quantitative estimate of drug-likeness (QED) is 0.614. The van der Waals surface area contributed by atoms with E-state index in [9.17, 15) is 0 Å². The van der Waals surface area contributed by atoms with Gasteiger partial charge >= 0.3 is 0 Å². The fourth-order valence-electron chi connectivity index (χ4n) is 4.80. The Bertz CT molecular complexity index is 1170. The van der Waals surface area contributed by atoms with Gasteiger partial charge in [0.05, 0.1) is 24.4 Å². The van der Waals surface area contributed by atoms with E-state index >= 15 is 0 Å². The highest BCUT2D eigenvalue weighted by atomic mass is 16.5. The predicted octanol–water partition coefficient (Wildman–Crippen LogP) is 3.24. The third kappa shape index (κ3) is 3.90. The van der Waals surface area contributed by atoms with E-state index in [1.165, 1.54) is 0 Å². The van der Waals surface area contributed by atoms with Gasteiger partial charge in [-0.2, -0.15) is 0 Å². The van der Waals surface area contributed by atoms with Crippen LogP contribution in [0.15, 0.2) is 30.7 Å². The highest BCUT2D eigenvalue weighted by Crippen LogP contribution is 2.41. The lowest BCUT2D eigenvalue weighted by molar-refractivity contribution is -0.0228. The number of nitrogens with two attached hydrogens (primary N) is 1. The number of morpholine rings is 1. The molecule has 3 aliphatic heterocycles. The summed E-state index contributed by atoms with van der Waals surface area (Å²) >= 11 is 0. The molecule has 9 nitrogen and oxygen atoms in total. The van der Waals surface area contributed by atoms with E-state index in [2.05, 4.69) is 20.9 Å². The van der Waals surface area contributed by atoms with Gasteiger partial charge in [-0.1, -0.05) is 0 Å². The second kappa shape index (κ2) is 7.98. The number of imidazole rings is 1. The topological polar surface area (TPSA) is 104 Å². The minimum Gasteiger partial charge on any atom is -0.479 e. The molecule has 4 fully saturated rings. The number of ether oxygens (including phenoxy) is 2. The number of aryl methyl sites for hydroxylation is 1. The number of hydrogen-bond acceptors (Lipinski definition) is 8. The van der Waals surface area contributed by atoms with Crippen molar-refractivity contribution in [3.63, 3.8) is 0 Å². The Kier molecular flexibility index (Phi) is 4.94. The van der Waals surface area contributed by atoms with Crippen molar-refractivity contribution in [3.8, 4) is 17.0 Å². The normalized spacial score (nSPS) is 23.0. The Labute approximate surface area is 193 Å². The average Bonchev–Trinajstić information content (AvgIpc) is 3.61. The molecule has 7 rings (SSSR count). The van der Waals surface area contributed by atoms with Gasteiger partial charge < -0.3 is 24.7 Å². The molecule has 1 unspecified atom stereocenters. The molecular formula is C24H29N7O2. The summed E-state index contributed by atoms with van der Waals surface area (Å²) in [4.78, 5) is 21.1. The molecule has 1 saturated carbocycles. The molecule has 1 aliphatic carbocycles. The van der Waals surface area contributed by atoms with Gasteiger partial charge in [0, 0.05) is 49.7 Å². The van der Waals surface area contributed by atoms with Crippen LogP contribution in [0.3, 0.4) is 0 Å². The zero-order valence-corrected chi connectivity index (χ0v) is 19.0. The molecule has 0 spiro atoms. The largest absolute Gasteiger partial charge is 0.479 e. The lowest BCUT2D eigenvalue weighted by Gasteiger charge is -2.45. The molecule has 3 aromatic rings. The molecular weight excluding hydrogens is 418 g/mol. The van der Waals surface area contributed by atoms with Crippen LogP contribution in [0.5, 0.6) is 5.75 Å². The summed E-state index contributed by atoms with van der Waals surface area (Å²) in [5.74, 6) is 4.06. The van der Waals surface area contributed by atoms with Crippen LogP contribution < -0.4 is 15.4 Å². The van der Waals surface area contributed by atoms with Crippen molar-refractivity contribution < 1.29 is 9.47 Å². The van der Waals surface area contributed by atoms with E-state index in [1.54, 1.807) is 12.4 Å². The molecule has 33 heavy (non-hydrogen) atoms. The van der Waals surface area contributed by atoms with Gasteiger partial charge in [-0.25, -0.2) is 19.9 Å². The van der Waals surface area contributed by atoms with Crippen LogP contribution in [0.4, 0.5) is 11.6 Å². The van der Waals surface area contributed by atoms with Gasteiger partial charge in [-0.15, -0.1) is 0 Å². The van der Waals surface area contributed by atoms with Crippen molar-refractivity contribution >= 4 is 11.6 Å². The average molecular weight is 448 g/mol. The Morgan fingerprint density at radius 2 is 2.03 bits per heavy atom. The van der Waals surface area contributed by atoms with Gasteiger partial charge in [-0.05, 0) is 38.7 Å². The summed E-state index contributed by atoms with van der Waals surface area (Å²) < 4.78 is 14.0. The van der Waals surface area contributed by atoms with Crippen molar-refractivity contribution in [2.24, 2.45) is 7.05 Å². The van der Waals surface area contributed by atoms with Crippen molar-refractivity contribution in [2.75, 3.05) is 23.8 Å². The van der Waals surface area contributed by atoms with Gasteiger partial charge in [-0.3, -0.25) is 0 Å². The zero-order chi connectivity index (χ0) is 22.5. The summed E-state index contributed by atoms with van der Waals surface area (Å²) in [6, 6.07) is 4.38. The van der Waals surface area contributed by atoms with Gasteiger partial charge in [0.15, 0.2) is 17.7 Å². The van der Waals surface area contributed by atoms with Crippen LogP contribution in [0.1, 0.15) is 56.3 Å². The standard InChI is InChI=1S/C24H29N7O2/c1-14(24-26-7-8-30(24)2)33-20-9-16(11-27-22(20)25)19-10-21(29-23(28-19)15-3-4-15)31-12-18-6-5-17(31)13-32-18/h7-11,14-15,17-18H,3-6,12-13H2,1-2H3,(H2,25,27)/t14?,17-,18-/m0/s1. The Hall–Kier alpha value is -3.20. The van der Waals surface area contributed by atoms with E-state index in [-0.39, 0.29) is 6.10 Å². The first-order valence-electron chi connectivity index (χ1n) is 11.7. The van der Waals surface area contributed by atoms with Gasteiger partial charge in [0.2, 0.25) is 0 Å². The summed E-state index contributed by atoms with van der Waals surface area (Å²) in [5.41, 5.74) is 7.89. The maximum Gasteiger partial charge on any atom is 0.166 e. The summed E-state index contributed by atoms with van der Waals surface area (Å²) in [5, 5.41) is 0. The smallest absolute Gasteiger partial charge is 0.166 e. The van der Waals surface area contributed by atoms with E-state index in [4.69, 9.17) is 25.2 Å². The molecule has 2 bridgehead atoms. The fourth-order valence-corrected chi connectivity index (χ4v) is 4.80. The van der Waals surface area contributed by atoms with E-state index in [0.717, 1.165) is 67.6 Å². The number of nitrogen functional groups attached to an aromatic ring is 1. The lowest BCUT2D eigenvalue weighted by Crippen LogP contribution is -2.54. The molecule has 0 aromatic carbocycles. The molecule has 3 saturated heterocycles. The van der Waals surface area contributed by atoms with Crippen molar-refractivity contribution in [1.29, 1.82) is 0 Å². The number of anilines is 2. The van der Waals surface area contributed by atoms with Crippen LogP contribution in [0, 0.1) is 0 Å². The first-order valence-corrected chi connectivity index (χ1v) is 11.7. The molecule has 4 aliphatic rings. The van der Waals surface area contributed by atoms with Crippen LogP contribution in [0.25, 0.3) is 11.3 Å². The molecule has 0 radical (unpaired) electrons. The highest BCUT2D eigenvalue weighted by molar-refractivity contribution is 5.67. The number of pyridine rings is 1. The van der Waals surface area contributed by atoms with Crippen molar-refractivity contribution in [1.82, 2.24) is 24.5 Å². The SMILES string of the molecule is CC(Oc1cc(-c2cc(N3C[C@@H]4CC[C@H]3CO4)nc(C3CC3)n2)cnc1N)c1nccn1C. The maximum atomic E-state index is 6.17. The van der Waals surface area contributed by atoms with Gasteiger partial charge in [0.1, 0.15) is 17.5 Å². The number of rotatable bonds is 6. The first-order chi connectivity index (χ1) is 16.0. The van der Waals surface area contributed by atoms with Crippen molar-refractivity contribution in [3.05, 3.63) is 42.4 Å². The maximum absolute atomic E-state index is 6.17. The summed E-state index contributed by atoms with van der Waals surface area (Å²) in [6.45, 7) is 3.62. The van der Waals surface area contributed by atoms with Gasteiger partial charge in [0.25, 0.3) is 0 Å². The molecule has 3 aromatic heterocycles. The van der Waals surface area contributed by atoms with Crippen LogP contribution in [-0.4, -0.2) is 49.8 Å². The predicted molar refractivity (Wildman–Crippen MR) is 124 cm³/mol. The van der Waals surface area contributed by atoms with E-state index in [1.807, 2.05) is 30.8 Å². The zero-order valence-electron chi connectivity index (χ0n) is 19.0.